The van der Waals surface area contributed by atoms with E-state index < -0.39 is 0 Å². The van der Waals surface area contributed by atoms with E-state index in [2.05, 4.69) is 21.9 Å². The van der Waals surface area contributed by atoms with Crippen molar-refractivity contribution in [2.75, 3.05) is 0 Å². The third-order valence-electron chi connectivity index (χ3n) is 3.16. The summed E-state index contributed by atoms with van der Waals surface area (Å²) in [5.74, 6) is 0.234. The van der Waals surface area contributed by atoms with Gasteiger partial charge >= 0.3 is 0 Å². The highest BCUT2D eigenvalue weighted by molar-refractivity contribution is 5.22. The number of nitriles is 1. The molecule has 17 heavy (non-hydrogen) atoms. The first-order valence-corrected chi connectivity index (χ1v) is 5.84. The average Bonchev–Trinajstić information content (AvgIpc) is 2.78. The molecule has 4 heteroatoms. The van der Waals surface area contributed by atoms with Crippen molar-refractivity contribution >= 4 is 0 Å². The molecule has 0 saturated heterocycles. The van der Waals surface area contributed by atoms with Gasteiger partial charge in [-0.15, -0.1) is 0 Å². The highest BCUT2D eigenvalue weighted by atomic mass is 15.0. The summed E-state index contributed by atoms with van der Waals surface area (Å²) in [5.41, 5.74) is 1.69. The number of nitrogens with one attached hydrogen (secondary N) is 1. The molecule has 4 nitrogen and oxygen atoms in total. The molecule has 0 atom stereocenters. The van der Waals surface area contributed by atoms with Gasteiger partial charge < -0.3 is 5.32 Å². The van der Waals surface area contributed by atoms with Gasteiger partial charge in [0, 0.05) is 11.9 Å². The van der Waals surface area contributed by atoms with Crippen LogP contribution in [0.2, 0.25) is 0 Å². The summed E-state index contributed by atoms with van der Waals surface area (Å²) < 4.78 is 0. The molecular weight excluding hydrogens is 212 g/mol. The van der Waals surface area contributed by atoms with Crippen LogP contribution in [-0.4, -0.2) is 9.97 Å². The lowest BCUT2D eigenvalue weighted by Gasteiger charge is -2.31. The third-order valence-corrected chi connectivity index (χ3v) is 3.16. The van der Waals surface area contributed by atoms with Gasteiger partial charge in [-0.25, -0.2) is 9.97 Å². The van der Waals surface area contributed by atoms with Crippen molar-refractivity contribution in [2.24, 2.45) is 0 Å². The molecule has 0 radical (unpaired) electrons. The van der Waals surface area contributed by atoms with Crippen LogP contribution >= 0.6 is 0 Å². The minimum absolute atomic E-state index is 0.152. The molecule has 0 bridgehead atoms. The molecule has 88 valence electrons. The minimum Gasteiger partial charge on any atom is -0.378 e. The first-order chi connectivity index (χ1) is 8.16. The average molecular weight is 228 g/mol. The normalized spacial score (nSPS) is 17.4. The molecule has 1 saturated carbocycles. The number of hydrogen-bond donors (Lipinski definition) is 1. The van der Waals surface area contributed by atoms with Crippen LogP contribution < -0.4 is 5.32 Å². The molecule has 0 aliphatic heterocycles. The van der Waals surface area contributed by atoms with Gasteiger partial charge in [-0.05, 0) is 25.8 Å². The number of rotatable bonds is 3. The Morgan fingerprint density at radius 1 is 1.53 bits per heavy atom. The second-order valence-corrected chi connectivity index (χ2v) is 4.57. The van der Waals surface area contributed by atoms with Crippen molar-refractivity contribution in [2.45, 2.75) is 38.1 Å². The maximum Gasteiger partial charge on any atom is 0.232 e. The van der Waals surface area contributed by atoms with Gasteiger partial charge in [-0.2, -0.15) is 5.26 Å². The molecule has 0 spiro atoms. The van der Waals surface area contributed by atoms with Crippen molar-refractivity contribution < 1.29 is 0 Å². The van der Waals surface area contributed by atoms with Crippen LogP contribution in [0.5, 0.6) is 0 Å². The van der Waals surface area contributed by atoms with Crippen molar-refractivity contribution in [3.05, 3.63) is 36.1 Å². The summed E-state index contributed by atoms with van der Waals surface area (Å²) in [4.78, 5) is 8.24. The van der Waals surface area contributed by atoms with Crippen molar-refractivity contribution in [1.29, 1.82) is 5.26 Å². The summed E-state index contributed by atoms with van der Waals surface area (Å²) in [6, 6.07) is 3.88. The molecule has 1 heterocycles. The summed E-state index contributed by atoms with van der Waals surface area (Å²) in [6.45, 7) is 5.86. The molecule has 1 fully saturated rings. The number of nitrogens with zero attached hydrogens (tertiary/aromatic N) is 3. The Labute approximate surface area is 101 Å². The summed E-state index contributed by atoms with van der Waals surface area (Å²) in [7, 11) is 0. The summed E-state index contributed by atoms with van der Waals surface area (Å²) in [6.07, 6.45) is 6.06. The zero-order valence-corrected chi connectivity index (χ0v) is 10.0. The van der Waals surface area contributed by atoms with Gasteiger partial charge in [0.25, 0.3) is 0 Å². The molecule has 1 N–H and O–H groups in total. The van der Waals surface area contributed by atoms with E-state index in [0.717, 1.165) is 24.2 Å². The van der Waals surface area contributed by atoms with E-state index in [1.54, 1.807) is 6.20 Å². The zero-order valence-electron chi connectivity index (χ0n) is 10.0. The Balaban J connectivity index is 2.38. The minimum atomic E-state index is -0.152. The molecule has 0 aromatic carbocycles. The molecular formula is C13H16N4. The van der Waals surface area contributed by atoms with Gasteiger partial charge in [0.2, 0.25) is 5.82 Å². The second-order valence-electron chi connectivity index (χ2n) is 4.57. The van der Waals surface area contributed by atoms with E-state index in [-0.39, 0.29) is 11.4 Å². The molecule has 2 rings (SSSR count). The van der Waals surface area contributed by atoms with Gasteiger partial charge in [-0.1, -0.05) is 19.4 Å². The monoisotopic (exact) mass is 228 g/mol. The Morgan fingerprint density at radius 2 is 2.24 bits per heavy atom. The van der Waals surface area contributed by atoms with Gasteiger partial charge in [-0.3, -0.25) is 0 Å². The number of aromatic nitrogens is 2. The largest absolute Gasteiger partial charge is 0.378 e. The standard InChI is InChI=1S/C13H16N4/c1-10(2)17-13(6-3-4-7-13)11-5-8-15-12(9-14)16-11/h5,8,17H,1,3-4,6-7H2,2H3. The summed E-state index contributed by atoms with van der Waals surface area (Å²) >= 11 is 0. The second kappa shape index (κ2) is 4.54. The SMILES string of the molecule is C=C(C)NC1(c2ccnc(C#N)n2)CCCC1. The highest BCUT2D eigenvalue weighted by Crippen LogP contribution is 2.38. The van der Waals surface area contributed by atoms with Crippen LogP contribution in [0.1, 0.15) is 44.1 Å². The van der Waals surface area contributed by atoms with Crippen molar-refractivity contribution in [3.63, 3.8) is 0 Å². The number of hydrogen-bond acceptors (Lipinski definition) is 4. The number of allylic oxidation sites excluding steroid dienone is 1. The first kappa shape index (κ1) is 11.6. The van der Waals surface area contributed by atoms with Crippen LogP contribution in [0.15, 0.2) is 24.5 Å². The van der Waals surface area contributed by atoms with Gasteiger partial charge in [0.15, 0.2) is 0 Å². The lowest BCUT2D eigenvalue weighted by Crippen LogP contribution is -2.39. The first-order valence-electron chi connectivity index (χ1n) is 5.84. The molecule has 1 aromatic heterocycles. The Hall–Kier alpha value is -1.89. The molecule has 1 aliphatic carbocycles. The molecule has 1 aromatic rings. The zero-order chi connectivity index (χ0) is 12.3. The Bertz CT molecular complexity index is 467. The fraction of sp³-hybridized carbons (Fsp3) is 0.462. The van der Waals surface area contributed by atoms with E-state index in [4.69, 9.17) is 5.26 Å². The summed E-state index contributed by atoms with van der Waals surface area (Å²) in [5, 5.41) is 12.3. The lowest BCUT2D eigenvalue weighted by molar-refractivity contribution is 0.365. The van der Waals surface area contributed by atoms with Crippen LogP contribution in [0, 0.1) is 11.3 Å². The van der Waals surface area contributed by atoms with Crippen LogP contribution in [-0.2, 0) is 5.54 Å². The van der Waals surface area contributed by atoms with E-state index in [1.165, 1.54) is 12.8 Å². The van der Waals surface area contributed by atoms with Crippen LogP contribution in [0.25, 0.3) is 0 Å². The fourth-order valence-corrected chi connectivity index (χ4v) is 2.51. The maximum absolute atomic E-state index is 8.86. The Kier molecular flexibility index (Phi) is 3.10. The lowest BCUT2D eigenvalue weighted by atomic mass is 9.92. The van der Waals surface area contributed by atoms with E-state index in [0.29, 0.717) is 0 Å². The van der Waals surface area contributed by atoms with Crippen molar-refractivity contribution in [1.82, 2.24) is 15.3 Å². The van der Waals surface area contributed by atoms with Crippen LogP contribution in [0.3, 0.4) is 0 Å². The highest BCUT2D eigenvalue weighted by Gasteiger charge is 2.36. The fourth-order valence-electron chi connectivity index (χ4n) is 2.51. The molecule has 1 aliphatic rings. The third kappa shape index (κ3) is 2.28. The maximum atomic E-state index is 8.86. The van der Waals surface area contributed by atoms with E-state index in [1.807, 2.05) is 19.1 Å². The van der Waals surface area contributed by atoms with Crippen LogP contribution in [0.4, 0.5) is 0 Å². The van der Waals surface area contributed by atoms with Gasteiger partial charge in [0.05, 0.1) is 11.2 Å². The predicted octanol–water partition coefficient (Wildman–Crippen LogP) is 2.24. The predicted molar refractivity (Wildman–Crippen MR) is 64.8 cm³/mol. The van der Waals surface area contributed by atoms with Gasteiger partial charge in [0.1, 0.15) is 6.07 Å². The Morgan fingerprint density at radius 3 is 2.82 bits per heavy atom. The van der Waals surface area contributed by atoms with Crippen molar-refractivity contribution in [3.8, 4) is 6.07 Å². The van der Waals surface area contributed by atoms with E-state index in [9.17, 15) is 0 Å². The topological polar surface area (TPSA) is 61.6 Å². The molecule has 0 unspecified atom stereocenters. The van der Waals surface area contributed by atoms with E-state index >= 15 is 0 Å². The molecule has 0 amide bonds. The quantitative estimate of drug-likeness (QED) is 0.861. The smallest absolute Gasteiger partial charge is 0.232 e.